The van der Waals surface area contributed by atoms with Crippen LogP contribution < -0.4 is 0 Å². The summed E-state index contributed by atoms with van der Waals surface area (Å²) < 4.78 is 8.23. The van der Waals surface area contributed by atoms with Gasteiger partial charge in [-0.05, 0) is 0 Å². The van der Waals surface area contributed by atoms with Gasteiger partial charge in [-0.15, -0.1) is 0 Å². The molecule has 0 saturated carbocycles. The van der Waals surface area contributed by atoms with Crippen LogP contribution in [0.3, 0.4) is 0 Å². The number of hydrogen-bond donors (Lipinski definition) is 2. The number of cyclic esters (lactones) is 2. The summed E-state index contributed by atoms with van der Waals surface area (Å²) in [4.78, 5) is 10.1. The Bertz CT molecular complexity index is 122. The lowest BCUT2D eigenvalue weighted by molar-refractivity contribution is -0.184. The zero-order valence-corrected chi connectivity index (χ0v) is 4.48. The van der Waals surface area contributed by atoms with E-state index in [1.54, 1.807) is 0 Å². The van der Waals surface area contributed by atoms with Crippen molar-refractivity contribution < 1.29 is 24.5 Å². The summed E-state index contributed by atoms with van der Waals surface area (Å²) in [7, 11) is 0. The van der Waals surface area contributed by atoms with E-state index < -0.39 is 18.5 Å². The van der Waals surface area contributed by atoms with Gasteiger partial charge in [0.15, 0.2) is 6.10 Å². The highest BCUT2D eigenvalue weighted by atomic mass is 16.8. The summed E-state index contributed by atoms with van der Waals surface area (Å²) in [5.74, 6) is 0. The van der Waals surface area contributed by atoms with Crippen molar-refractivity contribution in [2.45, 2.75) is 12.4 Å². The van der Waals surface area contributed by atoms with E-state index in [-0.39, 0.29) is 6.61 Å². The third kappa shape index (κ3) is 1.30. The summed E-state index contributed by atoms with van der Waals surface area (Å²) in [6.07, 6.45) is -3.51. The van der Waals surface area contributed by atoms with Crippen molar-refractivity contribution >= 4 is 6.16 Å². The van der Waals surface area contributed by atoms with Crippen LogP contribution in [0.1, 0.15) is 0 Å². The first kappa shape index (κ1) is 6.31. The van der Waals surface area contributed by atoms with Crippen LogP contribution in [0.25, 0.3) is 0 Å². The third-order valence-corrected chi connectivity index (χ3v) is 0.918. The minimum absolute atomic E-state index is 0.208. The smallest absolute Gasteiger partial charge is 0.431 e. The van der Waals surface area contributed by atoms with Crippen molar-refractivity contribution in [3.8, 4) is 0 Å². The standard InChI is InChI=1S/C4H6O5/c5-2-1-8-4(7)9-3(2)6/h2-3,5-6H,1H2. The van der Waals surface area contributed by atoms with Gasteiger partial charge in [0, 0.05) is 0 Å². The zero-order valence-electron chi connectivity index (χ0n) is 4.48. The van der Waals surface area contributed by atoms with Crippen LogP contribution in [0.15, 0.2) is 0 Å². The number of rotatable bonds is 0. The second-order valence-electron chi connectivity index (χ2n) is 1.64. The lowest BCUT2D eigenvalue weighted by Crippen LogP contribution is -2.40. The molecule has 0 aromatic rings. The maximum atomic E-state index is 10.1. The number of carbonyl (C=O) groups excluding carboxylic acids is 1. The van der Waals surface area contributed by atoms with Crippen molar-refractivity contribution in [3.63, 3.8) is 0 Å². The fraction of sp³-hybridized carbons (Fsp3) is 0.750. The molecule has 2 atom stereocenters. The lowest BCUT2D eigenvalue weighted by Gasteiger charge is -2.22. The van der Waals surface area contributed by atoms with E-state index >= 15 is 0 Å². The maximum absolute atomic E-state index is 10.1. The van der Waals surface area contributed by atoms with Crippen LogP contribution in [0.4, 0.5) is 4.79 Å². The van der Waals surface area contributed by atoms with Gasteiger partial charge in [0.25, 0.3) is 0 Å². The molecule has 0 spiro atoms. The topological polar surface area (TPSA) is 76.0 Å². The Morgan fingerprint density at radius 2 is 2.22 bits per heavy atom. The molecule has 1 saturated heterocycles. The Balaban J connectivity index is 2.44. The summed E-state index contributed by atoms with van der Waals surface area (Å²) in [5, 5.41) is 17.2. The van der Waals surface area contributed by atoms with Gasteiger partial charge in [-0.1, -0.05) is 0 Å². The van der Waals surface area contributed by atoms with E-state index in [1.807, 2.05) is 0 Å². The number of ether oxygens (including phenoxy) is 2. The Morgan fingerprint density at radius 1 is 1.56 bits per heavy atom. The molecular formula is C4H6O5. The van der Waals surface area contributed by atoms with E-state index in [2.05, 4.69) is 9.47 Å². The van der Waals surface area contributed by atoms with Crippen LogP contribution in [-0.2, 0) is 9.47 Å². The Labute approximate surface area is 50.8 Å². The van der Waals surface area contributed by atoms with Gasteiger partial charge in [0.2, 0.25) is 6.29 Å². The molecule has 0 aliphatic carbocycles. The van der Waals surface area contributed by atoms with E-state index in [0.29, 0.717) is 0 Å². The first-order valence-corrected chi connectivity index (χ1v) is 2.39. The number of hydrogen-bond acceptors (Lipinski definition) is 5. The monoisotopic (exact) mass is 134 g/mol. The summed E-state index contributed by atoms with van der Waals surface area (Å²) in [5.41, 5.74) is 0. The highest BCUT2D eigenvalue weighted by Crippen LogP contribution is 2.05. The van der Waals surface area contributed by atoms with Crippen molar-refractivity contribution in [1.82, 2.24) is 0 Å². The zero-order chi connectivity index (χ0) is 6.85. The molecule has 5 heteroatoms. The molecule has 1 fully saturated rings. The molecule has 9 heavy (non-hydrogen) atoms. The first-order valence-electron chi connectivity index (χ1n) is 2.39. The SMILES string of the molecule is O=C1OCC(O)C(O)O1. The summed E-state index contributed by atoms with van der Waals surface area (Å²) >= 11 is 0. The average molecular weight is 134 g/mol. The molecule has 2 N–H and O–H groups in total. The van der Waals surface area contributed by atoms with Gasteiger partial charge in [-0.3, -0.25) is 0 Å². The highest BCUT2D eigenvalue weighted by Gasteiger charge is 2.28. The van der Waals surface area contributed by atoms with Gasteiger partial charge in [0.1, 0.15) is 6.61 Å². The second kappa shape index (κ2) is 2.20. The fourth-order valence-corrected chi connectivity index (χ4v) is 0.447. The molecule has 52 valence electrons. The number of carbonyl (C=O) groups is 1. The van der Waals surface area contributed by atoms with Crippen molar-refractivity contribution in [3.05, 3.63) is 0 Å². The molecule has 1 aliphatic rings. The fourth-order valence-electron chi connectivity index (χ4n) is 0.447. The molecule has 2 unspecified atom stereocenters. The molecule has 0 aromatic carbocycles. The van der Waals surface area contributed by atoms with E-state index in [0.717, 1.165) is 0 Å². The number of aliphatic hydroxyl groups excluding tert-OH is 2. The molecule has 1 heterocycles. The van der Waals surface area contributed by atoms with Crippen LogP contribution >= 0.6 is 0 Å². The molecule has 0 bridgehead atoms. The highest BCUT2D eigenvalue weighted by molar-refractivity contribution is 5.60. The third-order valence-electron chi connectivity index (χ3n) is 0.918. The minimum Gasteiger partial charge on any atom is -0.431 e. The predicted octanol–water partition coefficient (Wildman–Crippen LogP) is -1.17. The van der Waals surface area contributed by atoms with Crippen LogP contribution in [-0.4, -0.2) is 35.4 Å². The quantitative estimate of drug-likeness (QED) is 0.408. The molecule has 0 amide bonds. The van der Waals surface area contributed by atoms with Gasteiger partial charge >= 0.3 is 6.16 Å². The van der Waals surface area contributed by atoms with E-state index in [4.69, 9.17) is 10.2 Å². The van der Waals surface area contributed by atoms with Crippen molar-refractivity contribution in [1.29, 1.82) is 0 Å². The molecular weight excluding hydrogens is 128 g/mol. The van der Waals surface area contributed by atoms with Gasteiger partial charge in [-0.25, -0.2) is 4.79 Å². The maximum Gasteiger partial charge on any atom is 0.510 e. The molecule has 1 aliphatic heterocycles. The van der Waals surface area contributed by atoms with Gasteiger partial charge in [0.05, 0.1) is 0 Å². The molecule has 0 radical (unpaired) electrons. The Morgan fingerprint density at radius 3 is 2.67 bits per heavy atom. The minimum atomic E-state index is -1.44. The summed E-state index contributed by atoms with van der Waals surface area (Å²) in [6, 6.07) is 0. The van der Waals surface area contributed by atoms with E-state index in [1.165, 1.54) is 0 Å². The predicted molar refractivity (Wildman–Crippen MR) is 24.4 cm³/mol. The normalized spacial score (nSPS) is 35.1. The molecule has 5 nitrogen and oxygen atoms in total. The van der Waals surface area contributed by atoms with Crippen molar-refractivity contribution in [2.24, 2.45) is 0 Å². The Kier molecular flexibility index (Phi) is 1.54. The van der Waals surface area contributed by atoms with Crippen molar-refractivity contribution in [2.75, 3.05) is 6.61 Å². The number of aliphatic hydroxyl groups is 2. The first-order chi connectivity index (χ1) is 4.20. The largest absolute Gasteiger partial charge is 0.510 e. The molecule has 0 aromatic heterocycles. The van der Waals surface area contributed by atoms with E-state index in [9.17, 15) is 4.79 Å². The molecule has 1 rings (SSSR count). The van der Waals surface area contributed by atoms with Crippen LogP contribution in [0.2, 0.25) is 0 Å². The van der Waals surface area contributed by atoms with Crippen LogP contribution in [0.5, 0.6) is 0 Å². The lowest BCUT2D eigenvalue weighted by atomic mass is 10.3. The Hall–Kier alpha value is -0.810. The summed E-state index contributed by atoms with van der Waals surface area (Å²) in [6.45, 7) is -0.208. The van der Waals surface area contributed by atoms with Gasteiger partial charge in [-0.2, -0.15) is 0 Å². The average Bonchev–Trinajstić information content (AvgIpc) is 1.80. The van der Waals surface area contributed by atoms with Crippen LogP contribution in [0, 0.1) is 0 Å². The second-order valence-corrected chi connectivity index (χ2v) is 1.64. The van der Waals surface area contributed by atoms with Gasteiger partial charge < -0.3 is 19.7 Å².